The number of hydrogen-bond acceptors (Lipinski definition) is 5. The molecule has 120 valence electrons. The lowest BCUT2D eigenvalue weighted by Crippen LogP contribution is -2.35. The number of nitrogens with two attached hydrogens (primary N) is 1. The first kappa shape index (κ1) is 16.6. The Morgan fingerprint density at radius 1 is 1.04 bits per heavy atom. The second-order valence-corrected chi connectivity index (χ2v) is 6.10. The van der Waals surface area contributed by atoms with Crippen LogP contribution in [0.3, 0.4) is 0 Å². The summed E-state index contributed by atoms with van der Waals surface area (Å²) in [5.74, 6) is -1.40. The first-order valence-corrected chi connectivity index (χ1v) is 8.03. The zero-order valence-corrected chi connectivity index (χ0v) is 12.7. The van der Waals surface area contributed by atoms with Crippen molar-refractivity contribution in [2.24, 2.45) is 5.14 Å². The van der Waals surface area contributed by atoms with Gasteiger partial charge in [-0.05, 0) is 29.8 Å². The highest BCUT2D eigenvalue weighted by Gasteiger charge is 2.14. The molecule has 0 radical (unpaired) electrons. The molecule has 8 nitrogen and oxygen atoms in total. The minimum atomic E-state index is -3.76. The van der Waals surface area contributed by atoms with Crippen LogP contribution in [0, 0.1) is 0 Å². The van der Waals surface area contributed by atoms with Crippen LogP contribution in [0.15, 0.2) is 53.6 Å². The predicted molar refractivity (Wildman–Crippen MR) is 82.5 cm³/mol. The molecule has 0 aliphatic heterocycles. The summed E-state index contributed by atoms with van der Waals surface area (Å²) >= 11 is 0. The Labute approximate surface area is 132 Å². The average Bonchev–Trinajstić information content (AvgIpc) is 2.53. The van der Waals surface area contributed by atoms with E-state index >= 15 is 0 Å². The van der Waals surface area contributed by atoms with E-state index in [4.69, 9.17) is 5.14 Å². The Hall–Kier alpha value is -2.78. The smallest absolute Gasteiger partial charge is 0.314 e. The fourth-order valence-corrected chi connectivity index (χ4v) is 2.18. The Morgan fingerprint density at radius 2 is 1.74 bits per heavy atom. The van der Waals surface area contributed by atoms with E-state index in [1.54, 1.807) is 18.2 Å². The second kappa shape index (κ2) is 6.99. The predicted octanol–water partition coefficient (Wildman–Crippen LogP) is -0.0161. The molecule has 2 amide bonds. The van der Waals surface area contributed by atoms with Gasteiger partial charge in [0, 0.05) is 12.7 Å². The highest BCUT2D eigenvalue weighted by Crippen LogP contribution is 2.08. The molecule has 2 rings (SSSR count). The summed E-state index contributed by atoms with van der Waals surface area (Å²) in [4.78, 5) is 27.2. The summed E-state index contributed by atoms with van der Waals surface area (Å²) in [5, 5.41) is 9.75. The molecule has 0 spiro atoms. The highest BCUT2D eigenvalue weighted by atomic mass is 32.2. The van der Waals surface area contributed by atoms with E-state index in [0.717, 1.165) is 0 Å². The summed E-state index contributed by atoms with van der Waals surface area (Å²) in [5.41, 5.74) is 0.622. The average molecular weight is 334 g/mol. The normalized spacial score (nSPS) is 10.8. The first-order chi connectivity index (χ1) is 10.9. The fraction of sp³-hybridized carbons (Fsp3) is 0.0714. The maximum Gasteiger partial charge on any atom is 0.314 e. The molecule has 0 bridgehead atoms. The van der Waals surface area contributed by atoms with Crippen LogP contribution in [0.1, 0.15) is 5.56 Å². The highest BCUT2D eigenvalue weighted by molar-refractivity contribution is 7.89. The van der Waals surface area contributed by atoms with Gasteiger partial charge in [-0.15, -0.1) is 0 Å². The van der Waals surface area contributed by atoms with Gasteiger partial charge in [-0.3, -0.25) is 9.59 Å². The molecule has 4 N–H and O–H groups in total. The van der Waals surface area contributed by atoms with Crippen LogP contribution >= 0.6 is 0 Å². The van der Waals surface area contributed by atoms with Gasteiger partial charge < -0.3 is 10.6 Å². The molecule has 2 aromatic rings. The number of anilines is 1. The van der Waals surface area contributed by atoms with Crippen molar-refractivity contribution >= 4 is 27.7 Å². The molecule has 9 heteroatoms. The summed E-state index contributed by atoms with van der Waals surface area (Å²) < 4.78 is 22.2. The molecule has 0 atom stereocenters. The van der Waals surface area contributed by atoms with Gasteiger partial charge in [-0.2, -0.15) is 0 Å². The standard InChI is InChI=1S/C14H14N4O4S/c15-23(21,22)11-6-4-10(5-7-11)9-17-13(19)14(20)18-12-3-1-2-8-16-12/h1-8H,9H2,(H,17,19)(H2,15,21,22)(H,16,18,20). The van der Waals surface area contributed by atoms with E-state index in [9.17, 15) is 18.0 Å². The van der Waals surface area contributed by atoms with E-state index in [-0.39, 0.29) is 17.3 Å². The summed E-state index contributed by atoms with van der Waals surface area (Å²) in [6.45, 7) is 0.0688. The van der Waals surface area contributed by atoms with Crippen molar-refractivity contribution in [2.45, 2.75) is 11.4 Å². The number of primary sulfonamides is 1. The molecular weight excluding hydrogens is 320 g/mol. The fourth-order valence-electron chi connectivity index (χ4n) is 1.67. The van der Waals surface area contributed by atoms with Gasteiger partial charge in [-0.1, -0.05) is 18.2 Å². The van der Waals surface area contributed by atoms with Gasteiger partial charge in [-0.25, -0.2) is 18.5 Å². The first-order valence-electron chi connectivity index (χ1n) is 6.48. The lowest BCUT2D eigenvalue weighted by molar-refractivity contribution is -0.136. The maximum absolute atomic E-state index is 11.7. The van der Waals surface area contributed by atoms with E-state index in [2.05, 4.69) is 15.6 Å². The third kappa shape index (κ3) is 4.87. The third-order valence-electron chi connectivity index (χ3n) is 2.82. The maximum atomic E-state index is 11.7. The van der Waals surface area contributed by atoms with Gasteiger partial charge in [0.05, 0.1) is 4.90 Å². The van der Waals surface area contributed by atoms with Crippen LogP contribution in [0.5, 0.6) is 0 Å². The minimum Gasteiger partial charge on any atom is -0.344 e. The molecule has 0 aliphatic rings. The molecule has 1 aromatic heterocycles. The van der Waals surface area contributed by atoms with Crippen molar-refractivity contribution in [3.8, 4) is 0 Å². The number of amides is 2. The quantitative estimate of drug-likeness (QED) is 0.676. The molecule has 0 saturated heterocycles. The van der Waals surface area contributed by atoms with Gasteiger partial charge in [0.2, 0.25) is 10.0 Å². The Kier molecular flexibility index (Phi) is 5.04. The molecule has 23 heavy (non-hydrogen) atoms. The van der Waals surface area contributed by atoms with Gasteiger partial charge in [0.1, 0.15) is 5.82 Å². The minimum absolute atomic E-state index is 0.0273. The van der Waals surface area contributed by atoms with Crippen molar-refractivity contribution < 1.29 is 18.0 Å². The van der Waals surface area contributed by atoms with Crippen LogP contribution in [0.4, 0.5) is 5.82 Å². The van der Waals surface area contributed by atoms with Gasteiger partial charge in [0.15, 0.2) is 0 Å². The number of sulfonamides is 1. The molecule has 0 fully saturated rings. The topological polar surface area (TPSA) is 131 Å². The van der Waals surface area contributed by atoms with Crippen LogP contribution in [0.25, 0.3) is 0 Å². The van der Waals surface area contributed by atoms with Crippen molar-refractivity contribution in [3.63, 3.8) is 0 Å². The number of hydrogen-bond donors (Lipinski definition) is 3. The van der Waals surface area contributed by atoms with E-state index < -0.39 is 21.8 Å². The SMILES string of the molecule is NS(=O)(=O)c1ccc(CNC(=O)C(=O)Nc2ccccn2)cc1. The zero-order valence-electron chi connectivity index (χ0n) is 11.9. The number of nitrogens with zero attached hydrogens (tertiary/aromatic N) is 1. The van der Waals surface area contributed by atoms with E-state index in [1.807, 2.05) is 0 Å². The molecule has 1 heterocycles. The number of carbonyl (C=O) groups is 2. The zero-order chi connectivity index (χ0) is 16.9. The van der Waals surface area contributed by atoms with Crippen LogP contribution in [-0.2, 0) is 26.2 Å². The number of nitrogens with one attached hydrogen (secondary N) is 2. The van der Waals surface area contributed by atoms with Gasteiger partial charge >= 0.3 is 11.8 Å². The Morgan fingerprint density at radius 3 is 2.30 bits per heavy atom. The number of aromatic nitrogens is 1. The van der Waals surface area contributed by atoms with Crippen molar-refractivity contribution in [3.05, 3.63) is 54.2 Å². The van der Waals surface area contributed by atoms with Crippen molar-refractivity contribution in [1.29, 1.82) is 0 Å². The lowest BCUT2D eigenvalue weighted by atomic mass is 10.2. The number of benzene rings is 1. The molecular formula is C14H14N4O4S. The Balaban J connectivity index is 1.90. The summed E-state index contributed by atoms with van der Waals surface area (Å²) in [6, 6.07) is 10.6. The van der Waals surface area contributed by atoms with Crippen LogP contribution in [0.2, 0.25) is 0 Å². The Bertz CT molecular complexity index is 804. The van der Waals surface area contributed by atoms with Crippen molar-refractivity contribution in [1.82, 2.24) is 10.3 Å². The van der Waals surface area contributed by atoms with Crippen LogP contribution in [-0.4, -0.2) is 25.2 Å². The summed E-state index contributed by atoms with van der Waals surface area (Å²) in [6.07, 6.45) is 1.49. The summed E-state index contributed by atoms with van der Waals surface area (Å²) in [7, 11) is -3.76. The number of rotatable bonds is 4. The van der Waals surface area contributed by atoms with Crippen LogP contribution < -0.4 is 15.8 Å². The molecule has 0 aliphatic carbocycles. The number of pyridine rings is 1. The molecule has 0 unspecified atom stereocenters. The lowest BCUT2D eigenvalue weighted by Gasteiger charge is -2.06. The third-order valence-corrected chi connectivity index (χ3v) is 3.75. The van der Waals surface area contributed by atoms with E-state index in [0.29, 0.717) is 5.56 Å². The van der Waals surface area contributed by atoms with Gasteiger partial charge in [0.25, 0.3) is 0 Å². The molecule has 1 aromatic carbocycles. The number of carbonyl (C=O) groups excluding carboxylic acids is 2. The second-order valence-electron chi connectivity index (χ2n) is 4.54. The monoisotopic (exact) mass is 334 g/mol. The molecule has 0 saturated carbocycles. The van der Waals surface area contributed by atoms with Crippen molar-refractivity contribution in [2.75, 3.05) is 5.32 Å². The van der Waals surface area contributed by atoms with E-state index in [1.165, 1.54) is 30.5 Å². The largest absolute Gasteiger partial charge is 0.344 e.